The normalized spacial score (nSPS) is 9.64. The van der Waals surface area contributed by atoms with E-state index in [-0.39, 0.29) is 22.5 Å². The zero-order valence-electron chi connectivity index (χ0n) is 12.6. The maximum absolute atomic E-state index is 12.0. The highest BCUT2D eigenvalue weighted by Crippen LogP contribution is 2.30. The van der Waals surface area contributed by atoms with Gasteiger partial charge in [0.05, 0.1) is 36.7 Å². The van der Waals surface area contributed by atoms with Crippen molar-refractivity contribution in [3.05, 3.63) is 23.3 Å². The molecule has 0 aliphatic rings. The van der Waals surface area contributed by atoms with E-state index in [0.717, 1.165) is 14.2 Å². The molecule has 1 aromatic rings. The number of rotatable bonds is 4. The average molecular weight is 308 g/mol. The Morgan fingerprint density at radius 2 is 1.41 bits per heavy atom. The van der Waals surface area contributed by atoms with Crippen molar-refractivity contribution in [2.75, 3.05) is 24.9 Å². The predicted molar refractivity (Wildman–Crippen MR) is 77.7 cm³/mol. The van der Waals surface area contributed by atoms with Crippen molar-refractivity contribution in [2.24, 2.45) is 0 Å². The summed E-state index contributed by atoms with van der Waals surface area (Å²) in [4.78, 5) is 46.4. The van der Waals surface area contributed by atoms with Crippen LogP contribution in [-0.2, 0) is 19.1 Å². The highest BCUT2D eigenvalue weighted by molar-refractivity contribution is 6.13. The van der Waals surface area contributed by atoms with Crippen LogP contribution in [0.3, 0.4) is 0 Å². The van der Waals surface area contributed by atoms with Crippen LogP contribution in [0.1, 0.15) is 34.6 Å². The fourth-order valence-corrected chi connectivity index (χ4v) is 1.80. The van der Waals surface area contributed by atoms with Gasteiger partial charge in [-0.15, -0.1) is 0 Å². The Kier molecular flexibility index (Phi) is 5.62. The number of benzene rings is 1. The van der Waals surface area contributed by atoms with E-state index < -0.39 is 23.8 Å². The molecule has 22 heavy (non-hydrogen) atoms. The van der Waals surface area contributed by atoms with Gasteiger partial charge in [0.1, 0.15) is 0 Å². The number of hydrogen-bond acceptors (Lipinski definition) is 6. The molecule has 2 amide bonds. The van der Waals surface area contributed by atoms with Gasteiger partial charge in [0.2, 0.25) is 11.8 Å². The molecule has 118 valence electrons. The first-order valence-corrected chi connectivity index (χ1v) is 6.20. The lowest BCUT2D eigenvalue weighted by Crippen LogP contribution is -2.20. The van der Waals surface area contributed by atoms with Gasteiger partial charge in [-0.2, -0.15) is 0 Å². The van der Waals surface area contributed by atoms with Crippen LogP contribution in [0.4, 0.5) is 11.4 Å². The van der Waals surface area contributed by atoms with Gasteiger partial charge in [-0.25, -0.2) is 9.59 Å². The average Bonchev–Trinajstić information content (AvgIpc) is 2.46. The Hall–Kier alpha value is -2.90. The van der Waals surface area contributed by atoms with E-state index in [2.05, 4.69) is 20.1 Å². The van der Waals surface area contributed by atoms with Crippen LogP contribution in [0.2, 0.25) is 0 Å². The van der Waals surface area contributed by atoms with E-state index >= 15 is 0 Å². The molecule has 8 nitrogen and oxygen atoms in total. The summed E-state index contributed by atoms with van der Waals surface area (Å²) in [5.74, 6) is -2.52. The number of nitrogens with one attached hydrogen (secondary N) is 2. The van der Waals surface area contributed by atoms with Crippen molar-refractivity contribution in [3.63, 3.8) is 0 Å². The quantitative estimate of drug-likeness (QED) is 0.808. The lowest BCUT2D eigenvalue weighted by atomic mass is 10.0. The maximum Gasteiger partial charge on any atom is 0.340 e. The van der Waals surface area contributed by atoms with Crippen LogP contribution in [0.15, 0.2) is 12.1 Å². The van der Waals surface area contributed by atoms with Gasteiger partial charge in [0.25, 0.3) is 0 Å². The molecule has 0 aromatic heterocycles. The van der Waals surface area contributed by atoms with Gasteiger partial charge < -0.3 is 20.1 Å². The molecule has 0 bridgehead atoms. The van der Waals surface area contributed by atoms with Crippen LogP contribution >= 0.6 is 0 Å². The molecule has 0 spiro atoms. The second-order valence-electron chi connectivity index (χ2n) is 4.26. The van der Waals surface area contributed by atoms with Crippen molar-refractivity contribution in [3.8, 4) is 0 Å². The van der Waals surface area contributed by atoms with Crippen molar-refractivity contribution >= 4 is 35.1 Å². The fraction of sp³-hybridized carbons (Fsp3) is 0.286. The highest BCUT2D eigenvalue weighted by atomic mass is 16.5. The Labute approximate surface area is 126 Å². The van der Waals surface area contributed by atoms with Gasteiger partial charge in [-0.1, -0.05) is 0 Å². The minimum Gasteiger partial charge on any atom is -0.465 e. The number of hydrogen-bond donors (Lipinski definition) is 2. The third kappa shape index (κ3) is 3.81. The Morgan fingerprint density at radius 1 is 0.864 bits per heavy atom. The fourth-order valence-electron chi connectivity index (χ4n) is 1.80. The molecule has 0 saturated heterocycles. The zero-order chi connectivity index (χ0) is 16.9. The molecule has 1 rings (SSSR count). The Morgan fingerprint density at radius 3 is 1.86 bits per heavy atom. The number of ether oxygens (including phenoxy) is 2. The molecule has 0 aliphatic heterocycles. The lowest BCUT2D eigenvalue weighted by molar-refractivity contribution is -0.115. The summed E-state index contributed by atoms with van der Waals surface area (Å²) in [6.07, 6.45) is 0. The summed E-state index contributed by atoms with van der Waals surface area (Å²) in [6, 6.07) is 2.68. The summed E-state index contributed by atoms with van der Waals surface area (Å²) >= 11 is 0. The smallest absolute Gasteiger partial charge is 0.340 e. The van der Waals surface area contributed by atoms with E-state index in [0.29, 0.717) is 0 Å². The van der Waals surface area contributed by atoms with Gasteiger partial charge >= 0.3 is 11.9 Å². The number of carbonyl (C=O) groups is 4. The molecule has 2 N–H and O–H groups in total. The molecule has 0 heterocycles. The largest absolute Gasteiger partial charge is 0.465 e. The second-order valence-corrected chi connectivity index (χ2v) is 4.26. The minimum absolute atomic E-state index is 0.0301. The van der Waals surface area contributed by atoms with Crippen LogP contribution in [0, 0.1) is 0 Å². The lowest BCUT2D eigenvalue weighted by Gasteiger charge is -2.16. The molecule has 0 radical (unpaired) electrons. The SMILES string of the molecule is COC(=O)c1ccc(NC(C)=O)c(NC(C)=O)c1C(=O)OC. The molecule has 0 fully saturated rings. The third-order valence-electron chi connectivity index (χ3n) is 2.61. The minimum atomic E-state index is -0.851. The first kappa shape index (κ1) is 17.2. The molecule has 0 atom stereocenters. The molecule has 0 aliphatic carbocycles. The third-order valence-corrected chi connectivity index (χ3v) is 2.61. The molecule has 0 saturated carbocycles. The highest BCUT2D eigenvalue weighted by Gasteiger charge is 2.25. The summed E-state index contributed by atoms with van der Waals surface area (Å²) in [5, 5.41) is 4.89. The molecular formula is C14H16N2O6. The summed E-state index contributed by atoms with van der Waals surface area (Å²) in [6.45, 7) is 2.49. The topological polar surface area (TPSA) is 111 Å². The molecule has 1 aromatic carbocycles. The van der Waals surface area contributed by atoms with Crippen LogP contribution < -0.4 is 10.6 Å². The van der Waals surface area contributed by atoms with E-state index in [9.17, 15) is 19.2 Å². The summed E-state index contributed by atoms with van der Waals surface area (Å²) in [7, 11) is 2.29. The monoisotopic (exact) mass is 308 g/mol. The van der Waals surface area contributed by atoms with Gasteiger partial charge in [-0.3, -0.25) is 9.59 Å². The Balaban J connectivity index is 3.64. The van der Waals surface area contributed by atoms with Crippen molar-refractivity contribution < 1.29 is 28.7 Å². The van der Waals surface area contributed by atoms with Crippen molar-refractivity contribution in [2.45, 2.75) is 13.8 Å². The first-order chi connectivity index (χ1) is 10.3. The Bertz CT molecular complexity index is 638. The van der Waals surface area contributed by atoms with Crippen LogP contribution in [-0.4, -0.2) is 38.0 Å². The number of carbonyl (C=O) groups excluding carboxylic acids is 4. The molecular weight excluding hydrogens is 292 g/mol. The zero-order valence-corrected chi connectivity index (χ0v) is 12.6. The van der Waals surface area contributed by atoms with Gasteiger partial charge in [0.15, 0.2) is 0 Å². The maximum atomic E-state index is 12.0. The molecule has 8 heteroatoms. The summed E-state index contributed by atoms with van der Waals surface area (Å²) < 4.78 is 9.25. The van der Waals surface area contributed by atoms with E-state index in [1.54, 1.807) is 0 Å². The van der Waals surface area contributed by atoms with Gasteiger partial charge in [-0.05, 0) is 12.1 Å². The number of esters is 2. The van der Waals surface area contributed by atoms with Crippen molar-refractivity contribution in [1.29, 1.82) is 0 Å². The number of methoxy groups -OCH3 is 2. The van der Waals surface area contributed by atoms with E-state index in [1.165, 1.54) is 26.0 Å². The van der Waals surface area contributed by atoms with E-state index in [4.69, 9.17) is 0 Å². The van der Waals surface area contributed by atoms with E-state index in [1.807, 2.05) is 0 Å². The predicted octanol–water partition coefficient (Wildman–Crippen LogP) is 1.18. The van der Waals surface area contributed by atoms with Gasteiger partial charge in [0, 0.05) is 13.8 Å². The van der Waals surface area contributed by atoms with Crippen LogP contribution in [0.5, 0.6) is 0 Å². The standard InChI is InChI=1S/C14H16N2O6/c1-7(17)15-10-6-5-9(13(19)21-3)11(14(20)22-4)12(10)16-8(2)18/h5-6H,1-4H3,(H,15,17)(H,16,18). The van der Waals surface area contributed by atoms with Crippen molar-refractivity contribution in [1.82, 2.24) is 0 Å². The molecule has 0 unspecified atom stereocenters. The summed E-state index contributed by atoms with van der Waals surface area (Å²) in [5.41, 5.74) is -0.156. The second kappa shape index (κ2) is 7.21. The number of amides is 2. The number of anilines is 2. The van der Waals surface area contributed by atoms with Crippen LogP contribution in [0.25, 0.3) is 0 Å². The first-order valence-electron chi connectivity index (χ1n) is 6.20.